The lowest BCUT2D eigenvalue weighted by molar-refractivity contribution is 0.793. The minimum absolute atomic E-state index is 0.00683. The van der Waals surface area contributed by atoms with Crippen LogP contribution in [0.4, 0.5) is 11.4 Å². The molecule has 15 heavy (non-hydrogen) atoms. The highest BCUT2D eigenvalue weighted by molar-refractivity contribution is 5.51. The molecule has 1 aromatic carbocycles. The summed E-state index contributed by atoms with van der Waals surface area (Å²) in [5.41, 5.74) is 7.30. The maximum atomic E-state index is 5.58. The molecule has 1 heterocycles. The van der Waals surface area contributed by atoms with Crippen LogP contribution in [-0.2, 0) is 0 Å². The van der Waals surface area contributed by atoms with Crippen molar-refractivity contribution in [2.45, 2.75) is 13.0 Å². The highest BCUT2D eigenvalue weighted by atomic mass is 15.5. The van der Waals surface area contributed by atoms with Crippen LogP contribution in [0.25, 0.3) is 0 Å². The average molecular weight is 204 g/mol. The predicted molar refractivity (Wildman–Crippen MR) is 57.1 cm³/mol. The number of nitrogens with zero attached hydrogens (tertiary/aromatic N) is 3. The molecule has 78 valence electrons. The zero-order valence-electron chi connectivity index (χ0n) is 8.31. The number of anilines is 2. The van der Waals surface area contributed by atoms with E-state index in [-0.39, 0.29) is 6.04 Å². The van der Waals surface area contributed by atoms with E-state index in [9.17, 15) is 0 Å². The quantitative estimate of drug-likeness (QED) is 0.647. The van der Waals surface area contributed by atoms with Gasteiger partial charge in [-0.1, -0.05) is 5.21 Å². The smallest absolute Gasteiger partial charge is 0.196 e. The van der Waals surface area contributed by atoms with Crippen molar-refractivity contribution >= 4 is 11.4 Å². The molecule has 2 rings (SSSR count). The Kier molecular flexibility index (Phi) is 2.49. The maximum Gasteiger partial charge on any atom is 0.196 e. The van der Waals surface area contributed by atoms with E-state index in [0.29, 0.717) is 5.82 Å². The van der Waals surface area contributed by atoms with E-state index in [1.165, 1.54) is 0 Å². The Morgan fingerprint density at radius 1 is 1.33 bits per heavy atom. The molecule has 1 unspecified atom stereocenters. The summed E-state index contributed by atoms with van der Waals surface area (Å²) in [6.45, 7) is 1.96. The summed E-state index contributed by atoms with van der Waals surface area (Å²) in [4.78, 5) is 0. The number of nitrogens with one attached hydrogen (secondary N) is 2. The summed E-state index contributed by atoms with van der Waals surface area (Å²) < 4.78 is 0. The summed E-state index contributed by atoms with van der Waals surface area (Å²) >= 11 is 0. The molecule has 6 heteroatoms. The maximum absolute atomic E-state index is 5.58. The molecule has 0 saturated heterocycles. The summed E-state index contributed by atoms with van der Waals surface area (Å²) in [7, 11) is 0. The van der Waals surface area contributed by atoms with Crippen molar-refractivity contribution in [2.75, 3.05) is 11.1 Å². The first-order chi connectivity index (χ1) is 7.25. The van der Waals surface area contributed by atoms with E-state index in [2.05, 4.69) is 25.9 Å². The minimum Gasteiger partial charge on any atom is -0.399 e. The molecule has 0 bridgehead atoms. The van der Waals surface area contributed by atoms with Crippen molar-refractivity contribution in [3.8, 4) is 0 Å². The van der Waals surface area contributed by atoms with Gasteiger partial charge in [0.1, 0.15) is 0 Å². The zero-order valence-corrected chi connectivity index (χ0v) is 8.31. The van der Waals surface area contributed by atoms with Gasteiger partial charge in [-0.05, 0) is 31.2 Å². The number of hydrogen-bond donors (Lipinski definition) is 3. The number of H-pyrrole nitrogens is 1. The molecule has 0 fully saturated rings. The molecule has 1 atom stereocenters. The third-order valence-electron chi connectivity index (χ3n) is 2.04. The molecular weight excluding hydrogens is 192 g/mol. The van der Waals surface area contributed by atoms with E-state index >= 15 is 0 Å². The van der Waals surface area contributed by atoms with E-state index in [1.54, 1.807) is 0 Å². The highest BCUT2D eigenvalue weighted by Gasteiger charge is 2.09. The topological polar surface area (TPSA) is 92.5 Å². The van der Waals surface area contributed by atoms with E-state index in [4.69, 9.17) is 5.73 Å². The van der Waals surface area contributed by atoms with Crippen molar-refractivity contribution < 1.29 is 0 Å². The molecule has 1 aromatic heterocycles. The van der Waals surface area contributed by atoms with Crippen LogP contribution in [0, 0.1) is 0 Å². The number of benzene rings is 1. The Hall–Kier alpha value is -2.11. The molecule has 0 spiro atoms. The molecule has 6 nitrogen and oxygen atoms in total. The second-order valence-corrected chi connectivity index (χ2v) is 3.26. The fourth-order valence-electron chi connectivity index (χ4n) is 1.25. The number of aromatic nitrogens is 4. The van der Waals surface area contributed by atoms with Crippen LogP contribution in [0.3, 0.4) is 0 Å². The first-order valence-electron chi connectivity index (χ1n) is 4.61. The molecule has 0 aliphatic heterocycles. The van der Waals surface area contributed by atoms with Crippen molar-refractivity contribution in [1.82, 2.24) is 20.6 Å². The van der Waals surface area contributed by atoms with Crippen molar-refractivity contribution in [3.05, 3.63) is 30.1 Å². The van der Waals surface area contributed by atoms with Crippen LogP contribution in [0.5, 0.6) is 0 Å². The predicted octanol–water partition coefficient (Wildman–Crippen LogP) is 0.955. The van der Waals surface area contributed by atoms with Gasteiger partial charge in [0.15, 0.2) is 5.82 Å². The van der Waals surface area contributed by atoms with Gasteiger partial charge in [-0.25, -0.2) is 0 Å². The van der Waals surface area contributed by atoms with Crippen LogP contribution in [0.2, 0.25) is 0 Å². The first-order valence-corrected chi connectivity index (χ1v) is 4.61. The molecule has 0 amide bonds. The van der Waals surface area contributed by atoms with Crippen LogP contribution in [0.1, 0.15) is 18.8 Å². The fourth-order valence-corrected chi connectivity index (χ4v) is 1.25. The number of nitrogens with two attached hydrogens (primary N) is 1. The molecule has 0 saturated carbocycles. The van der Waals surface area contributed by atoms with Gasteiger partial charge in [0.2, 0.25) is 0 Å². The number of hydrogen-bond acceptors (Lipinski definition) is 5. The standard InChI is InChI=1S/C9H12N6/c1-6(9-12-14-15-13-9)11-8-4-2-7(10)3-5-8/h2-6,11H,10H2,1H3,(H,12,13,14,15). The summed E-state index contributed by atoms with van der Waals surface area (Å²) in [5.74, 6) is 0.631. The molecular formula is C9H12N6. The summed E-state index contributed by atoms with van der Waals surface area (Å²) in [5, 5.41) is 16.9. The Balaban J connectivity index is 2.06. The van der Waals surface area contributed by atoms with E-state index in [0.717, 1.165) is 11.4 Å². The van der Waals surface area contributed by atoms with E-state index in [1.807, 2.05) is 31.2 Å². The van der Waals surface area contributed by atoms with Gasteiger partial charge in [0.05, 0.1) is 6.04 Å². The lowest BCUT2D eigenvalue weighted by Crippen LogP contribution is -2.08. The lowest BCUT2D eigenvalue weighted by atomic mass is 10.2. The third kappa shape index (κ3) is 2.22. The molecule has 0 aliphatic rings. The monoisotopic (exact) mass is 204 g/mol. The summed E-state index contributed by atoms with van der Waals surface area (Å²) in [6, 6.07) is 7.50. The number of rotatable bonds is 3. The summed E-state index contributed by atoms with van der Waals surface area (Å²) in [6.07, 6.45) is 0. The molecule has 2 aromatic rings. The van der Waals surface area contributed by atoms with Gasteiger partial charge in [0.25, 0.3) is 0 Å². The highest BCUT2D eigenvalue weighted by Crippen LogP contribution is 2.16. The Labute approximate surface area is 86.9 Å². The average Bonchev–Trinajstić information content (AvgIpc) is 2.74. The number of aromatic amines is 1. The van der Waals surface area contributed by atoms with Crippen LogP contribution in [-0.4, -0.2) is 20.6 Å². The number of nitrogen functional groups attached to an aromatic ring is 1. The van der Waals surface area contributed by atoms with Gasteiger partial charge in [-0.2, -0.15) is 5.21 Å². The normalized spacial score (nSPS) is 12.3. The minimum atomic E-state index is 0.00683. The van der Waals surface area contributed by atoms with Crippen LogP contribution >= 0.6 is 0 Å². The van der Waals surface area contributed by atoms with E-state index < -0.39 is 0 Å². The second-order valence-electron chi connectivity index (χ2n) is 3.26. The molecule has 0 aliphatic carbocycles. The zero-order chi connectivity index (χ0) is 10.7. The largest absolute Gasteiger partial charge is 0.399 e. The van der Waals surface area contributed by atoms with Crippen molar-refractivity contribution in [3.63, 3.8) is 0 Å². The van der Waals surface area contributed by atoms with Gasteiger partial charge >= 0.3 is 0 Å². The Bertz CT molecular complexity index is 407. The van der Waals surface area contributed by atoms with Crippen LogP contribution < -0.4 is 11.1 Å². The SMILES string of the molecule is CC(Nc1ccc(N)cc1)c1nn[nH]n1. The molecule has 4 N–H and O–H groups in total. The number of tetrazole rings is 1. The van der Waals surface area contributed by atoms with Gasteiger partial charge in [-0.15, -0.1) is 10.2 Å². The van der Waals surface area contributed by atoms with Crippen molar-refractivity contribution in [1.29, 1.82) is 0 Å². The van der Waals surface area contributed by atoms with Gasteiger partial charge in [-0.3, -0.25) is 0 Å². The van der Waals surface area contributed by atoms with Gasteiger partial charge < -0.3 is 11.1 Å². The Morgan fingerprint density at radius 2 is 2.07 bits per heavy atom. The van der Waals surface area contributed by atoms with Crippen molar-refractivity contribution in [2.24, 2.45) is 0 Å². The lowest BCUT2D eigenvalue weighted by Gasteiger charge is -2.11. The Morgan fingerprint density at radius 3 is 2.67 bits per heavy atom. The third-order valence-corrected chi connectivity index (χ3v) is 2.04. The van der Waals surface area contributed by atoms with Gasteiger partial charge in [0, 0.05) is 11.4 Å². The second kappa shape index (κ2) is 3.95. The van der Waals surface area contributed by atoms with Crippen LogP contribution in [0.15, 0.2) is 24.3 Å². The first kappa shape index (κ1) is 9.45. The fraction of sp³-hybridized carbons (Fsp3) is 0.222. The molecule has 0 radical (unpaired) electrons.